The van der Waals surface area contributed by atoms with Crippen LogP contribution < -0.4 is 10.6 Å². The van der Waals surface area contributed by atoms with Crippen molar-refractivity contribution in [2.75, 3.05) is 18.9 Å². The SMILES string of the molecule is CNc1ccc(C(=O)NCCc2ccc(F)cc2)c(C)c1. The average Bonchev–Trinajstić information content (AvgIpc) is 2.49. The molecule has 4 heteroatoms. The van der Waals surface area contributed by atoms with E-state index in [1.54, 1.807) is 12.1 Å². The van der Waals surface area contributed by atoms with Crippen LogP contribution in [0.3, 0.4) is 0 Å². The fourth-order valence-electron chi connectivity index (χ4n) is 2.14. The molecule has 0 aliphatic heterocycles. The summed E-state index contributed by atoms with van der Waals surface area (Å²) in [4.78, 5) is 12.1. The zero-order valence-corrected chi connectivity index (χ0v) is 12.2. The molecule has 0 spiro atoms. The van der Waals surface area contributed by atoms with Crippen LogP contribution in [0, 0.1) is 12.7 Å². The third-order valence-electron chi connectivity index (χ3n) is 3.37. The van der Waals surface area contributed by atoms with Gasteiger partial charge in [0.2, 0.25) is 0 Å². The van der Waals surface area contributed by atoms with E-state index in [9.17, 15) is 9.18 Å². The third kappa shape index (κ3) is 4.05. The Balaban J connectivity index is 1.91. The van der Waals surface area contributed by atoms with Gasteiger partial charge in [-0.25, -0.2) is 4.39 Å². The minimum Gasteiger partial charge on any atom is -0.388 e. The van der Waals surface area contributed by atoms with E-state index < -0.39 is 0 Å². The number of hydrogen-bond acceptors (Lipinski definition) is 2. The Bertz CT molecular complexity index is 623. The Hall–Kier alpha value is -2.36. The van der Waals surface area contributed by atoms with Gasteiger partial charge in [0.25, 0.3) is 5.91 Å². The Morgan fingerprint density at radius 1 is 1.14 bits per heavy atom. The van der Waals surface area contributed by atoms with Crippen LogP contribution in [0.25, 0.3) is 0 Å². The maximum Gasteiger partial charge on any atom is 0.251 e. The van der Waals surface area contributed by atoms with Crippen LogP contribution in [0.4, 0.5) is 10.1 Å². The normalized spacial score (nSPS) is 10.2. The van der Waals surface area contributed by atoms with Crippen LogP contribution in [0.5, 0.6) is 0 Å². The zero-order valence-electron chi connectivity index (χ0n) is 12.2. The van der Waals surface area contributed by atoms with Crippen LogP contribution in [0.2, 0.25) is 0 Å². The van der Waals surface area contributed by atoms with Gasteiger partial charge in [-0.05, 0) is 54.8 Å². The van der Waals surface area contributed by atoms with Crippen LogP contribution in [0.15, 0.2) is 42.5 Å². The number of halogens is 1. The molecule has 0 aromatic heterocycles. The molecule has 0 fully saturated rings. The molecule has 2 N–H and O–H groups in total. The predicted molar refractivity (Wildman–Crippen MR) is 83.2 cm³/mol. The van der Waals surface area contributed by atoms with Crippen LogP contribution >= 0.6 is 0 Å². The number of nitrogens with one attached hydrogen (secondary N) is 2. The Kier molecular flexibility index (Phi) is 4.93. The first-order valence-corrected chi connectivity index (χ1v) is 6.91. The average molecular weight is 286 g/mol. The van der Waals surface area contributed by atoms with Crippen molar-refractivity contribution >= 4 is 11.6 Å². The topological polar surface area (TPSA) is 41.1 Å². The van der Waals surface area contributed by atoms with E-state index in [0.717, 1.165) is 16.8 Å². The molecule has 0 atom stereocenters. The van der Waals surface area contributed by atoms with E-state index in [1.165, 1.54) is 12.1 Å². The van der Waals surface area contributed by atoms with Crippen molar-refractivity contribution in [1.82, 2.24) is 5.32 Å². The van der Waals surface area contributed by atoms with Gasteiger partial charge in [-0.15, -0.1) is 0 Å². The van der Waals surface area contributed by atoms with Gasteiger partial charge in [0.1, 0.15) is 5.82 Å². The maximum absolute atomic E-state index is 12.8. The predicted octanol–water partition coefficient (Wildman–Crippen LogP) is 3.15. The van der Waals surface area contributed by atoms with Gasteiger partial charge >= 0.3 is 0 Å². The molecule has 0 heterocycles. The van der Waals surface area contributed by atoms with E-state index in [0.29, 0.717) is 18.5 Å². The number of rotatable bonds is 5. The molecule has 0 bridgehead atoms. The summed E-state index contributed by atoms with van der Waals surface area (Å²) in [6, 6.07) is 11.9. The van der Waals surface area contributed by atoms with Crippen LogP contribution in [-0.4, -0.2) is 19.5 Å². The summed E-state index contributed by atoms with van der Waals surface area (Å²) in [5.41, 5.74) is 3.59. The molecule has 0 saturated heterocycles. The number of aryl methyl sites for hydroxylation is 1. The molecular formula is C17H19FN2O. The van der Waals surface area contributed by atoms with E-state index in [1.807, 2.05) is 32.2 Å². The quantitative estimate of drug-likeness (QED) is 0.886. The molecule has 0 unspecified atom stereocenters. The van der Waals surface area contributed by atoms with Gasteiger partial charge < -0.3 is 10.6 Å². The highest BCUT2D eigenvalue weighted by Crippen LogP contribution is 2.14. The summed E-state index contributed by atoms with van der Waals surface area (Å²) in [5, 5.41) is 5.93. The van der Waals surface area contributed by atoms with Crippen molar-refractivity contribution in [2.24, 2.45) is 0 Å². The van der Waals surface area contributed by atoms with Crippen molar-refractivity contribution in [2.45, 2.75) is 13.3 Å². The lowest BCUT2D eigenvalue weighted by Gasteiger charge is -2.09. The highest BCUT2D eigenvalue weighted by molar-refractivity contribution is 5.96. The van der Waals surface area contributed by atoms with Crippen LogP contribution in [0.1, 0.15) is 21.5 Å². The summed E-state index contributed by atoms with van der Waals surface area (Å²) in [7, 11) is 1.84. The number of carbonyl (C=O) groups excluding carboxylic acids is 1. The third-order valence-corrected chi connectivity index (χ3v) is 3.37. The largest absolute Gasteiger partial charge is 0.388 e. The van der Waals surface area contributed by atoms with Gasteiger partial charge in [0.05, 0.1) is 0 Å². The lowest BCUT2D eigenvalue weighted by Crippen LogP contribution is -2.26. The summed E-state index contributed by atoms with van der Waals surface area (Å²) in [6.45, 7) is 2.44. The van der Waals surface area contributed by atoms with Crippen molar-refractivity contribution < 1.29 is 9.18 Å². The number of amides is 1. The smallest absolute Gasteiger partial charge is 0.251 e. The minimum absolute atomic E-state index is 0.0859. The first-order chi connectivity index (χ1) is 10.1. The molecular weight excluding hydrogens is 267 g/mol. The van der Waals surface area contributed by atoms with E-state index >= 15 is 0 Å². The van der Waals surface area contributed by atoms with Gasteiger partial charge in [-0.3, -0.25) is 4.79 Å². The van der Waals surface area contributed by atoms with Gasteiger partial charge in [-0.2, -0.15) is 0 Å². The van der Waals surface area contributed by atoms with E-state index in [2.05, 4.69) is 10.6 Å². The number of benzene rings is 2. The number of carbonyl (C=O) groups is 1. The fourth-order valence-corrected chi connectivity index (χ4v) is 2.14. The molecule has 0 saturated carbocycles. The zero-order chi connectivity index (χ0) is 15.2. The van der Waals surface area contributed by atoms with E-state index in [4.69, 9.17) is 0 Å². The molecule has 3 nitrogen and oxygen atoms in total. The van der Waals surface area contributed by atoms with Crippen molar-refractivity contribution in [1.29, 1.82) is 0 Å². The highest BCUT2D eigenvalue weighted by Gasteiger charge is 2.08. The molecule has 2 rings (SSSR count). The first kappa shape index (κ1) is 15.0. The fraction of sp³-hybridized carbons (Fsp3) is 0.235. The Labute approximate surface area is 124 Å². The second kappa shape index (κ2) is 6.88. The number of hydrogen-bond donors (Lipinski definition) is 2. The number of anilines is 1. The molecule has 1 amide bonds. The van der Waals surface area contributed by atoms with Gasteiger partial charge in [0.15, 0.2) is 0 Å². The molecule has 21 heavy (non-hydrogen) atoms. The molecule has 0 radical (unpaired) electrons. The second-order valence-electron chi connectivity index (χ2n) is 4.91. The molecule has 2 aromatic rings. The summed E-state index contributed by atoms with van der Waals surface area (Å²) in [5.74, 6) is -0.333. The first-order valence-electron chi connectivity index (χ1n) is 6.91. The highest BCUT2D eigenvalue weighted by atomic mass is 19.1. The van der Waals surface area contributed by atoms with Crippen molar-refractivity contribution in [3.05, 3.63) is 65.0 Å². The molecule has 110 valence electrons. The standard InChI is InChI=1S/C17H19FN2O/c1-12-11-15(19-2)7-8-16(12)17(21)20-10-9-13-3-5-14(18)6-4-13/h3-8,11,19H,9-10H2,1-2H3,(H,20,21). The Morgan fingerprint density at radius 2 is 1.86 bits per heavy atom. The summed E-state index contributed by atoms with van der Waals surface area (Å²) < 4.78 is 12.8. The molecule has 0 aliphatic rings. The molecule has 0 aliphatic carbocycles. The van der Waals surface area contributed by atoms with Gasteiger partial charge in [0, 0.05) is 24.8 Å². The monoisotopic (exact) mass is 286 g/mol. The van der Waals surface area contributed by atoms with Gasteiger partial charge in [-0.1, -0.05) is 12.1 Å². The second-order valence-corrected chi connectivity index (χ2v) is 4.91. The van der Waals surface area contributed by atoms with Crippen molar-refractivity contribution in [3.8, 4) is 0 Å². The van der Waals surface area contributed by atoms with Crippen LogP contribution in [-0.2, 0) is 6.42 Å². The lowest BCUT2D eigenvalue weighted by molar-refractivity contribution is 0.0953. The maximum atomic E-state index is 12.8. The molecule has 2 aromatic carbocycles. The Morgan fingerprint density at radius 3 is 2.48 bits per heavy atom. The minimum atomic E-state index is -0.247. The summed E-state index contributed by atoms with van der Waals surface area (Å²) >= 11 is 0. The lowest BCUT2D eigenvalue weighted by atomic mass is 10.1. The van der Waals surface area contributed by atoms with E-state index in [-0.39, 0.29) is 11.7 Å². The summed E-state index contributed by atoms with van der Waals surface area (Å²) in [6.07, 6.45) is 0.680. The van der Waals surface area contributed by atoms with Crippen molar-refractivity contribution in [3.63, 3.8) is 0 Å².